The molecule has 0 spiro atoms. The van der Waals surface area contributed by atoms with E-state index < -0.39 is 17.5 Å². The lowest BCUT2D eigenvalue weighted by molar-refractivity contribution is 0.414. The minimum atomic E-state index is -1.44. The average Bonchev–Trinajstić information content (AvgIpc) is 2.50. The van der Waals surface area contributed by atoms with E-state index >= 15 is 0 Å². The van der Waals surface area contributed by atoms with E-state index in [9.17, 15) is 13.2 Å². The molecule has 1 N–H and O–H groups in total. The van der Waals surface area contributed by atoms with Gasteiger partial charge in [0.15, 0.2) is 17.5 Å². The van der Waals surface area contributed by atoms with Gasteiger partial charge in [-0.25, -0.2) is 13.2 Å². The van der Waals surface area contributed by atoms with Gasteiger partial charge in [0.1, 0.15) is 5.75 Å². The van der Waals surface area contributed by atoms with Crippen LogP contribution in [0.3, 0.4) is 0 Å². The monoisotopic (exact) mass is 295 g/mol. The van der Waals surface area contributed by atoms with Gasteiger partial charge in [-0.1, -0.05) is 12.1 Å². The topological polar surface area (TPSA) is 21.3 Å². The number of benzene rings is 2. The summed E-state index contributed by atoms with van der Waals surface area (Å²) in [5.41, 5.74) is 1.37. The van der Waals surface area contributed by atoms with E-state index in [1.54, 1.807) is 7.11 Å². The molecule has 0 fully saturated rings. The van der Waals surface area contributed by atoms with Gasteiger partial charge in [-0.05, 0) is 42.3 Å². The number of methoxy groups -OCH3 is 1. The summed E-state index contributed by atoms with van der Waals surface area (Å²) < 4.78 is 44.2. The van der Waals surface area contributed by atoms with Crippen LogP contribution in [0.2, 0.25) is 0 Å². The molecule has 2 aromatic carbocycles. The van der Waals surface area contributed by atoms with E-state index in [0.717, 1.165) is 23.4 Å². The average molecular weight is 295 g/mol. The largest absolute Gasteiger partial charge is 0.497 e. The first kappa shape index (κ1) is 15.4. The Bertz CT molecular complexity index is 590. The van der Waals surface area contributed by atoms with Crippen molar-refractivity contribution < 1.29 is 17.9 Å². The van der Waals surface area contributed by atoms with Gasteiger partial charge >= 0.3 is 0 Å². The summed E-state index contributed by atoms with van der Waals surface area (Å²) in [6.07, 6.45) is 0. The lowest BCUT2D eigenvalue weighted by atomic mass is 10.1. The van der Waals surface area contributed by atoms with Crippen molar-refractivity contribution in [2.45, 2.75) is 19.5 Å². The molecule has 112 valence electrons. The molecule has 0 aliphatic carbocycles. The smallest absolute Gasteiger partial charge is 0.194 e. The van der Waals surface area contributed by atoms with Gasteiger partial charge in [-0.2, -0.15) is 0 Å². The summed E-state index contributed by atoms with van der Waals surface area (Å²) in [7, 11) is 1.59. The van der Waals surface area contributed by atoms with Crippen LogP contribution in [0.25, 0.3) is 0 Å². The molecular weight excluding hydrogens is 279 g/mol. The third-order valence-corrected chi connectivity index (χ3v) is 3.27. The van der Waals surface area contributed by atoms with Crippen molar-refractivity contribution in [3.8, 4) is 5.75 Å². The van der Waals surface area contributed by atoms with Crippen LogP contribution in [0.1, 0.15) is 24.1 Å². The minimum Gasteiger partial charge on any atom is -0.497 e. The zero-order valence-electron chi connectivity index (χ0n) is 11.8. The predicted molar refractivity (Wildman–Crippen MR) is 74.6 cm³/mol. The van der Waals surface area contributed by atoms with Crippen LogP contribution in [-0.2, 0) is 6.54 Å². The summed E-state index contributed by atoms with van der Waals surface area (Å²) in [5.74, 6) is -3.04. The Morgan fingerprint density at radius 1 is 1.05 bits per heavy atom. The molecule has 0 aliphatic heterocycles. The second-order valence-corrected chi connectivity index (χ2v) is 4.75. The van der Waals surface area contributed by atoms with Gasteiger partial charge in [0.05, 0.1) is 7.11 Å². The molecule has 21 heavy (non-hydrogen) atoms. The van der Waals surface area contributed by atoms with Gasteiger partial charge in [0.25, 0.3) is 0 Å². The van der Waals surface area contributed by atoms with Crippen molar-refractivity contribution in [3.63, 3.8) is 0 Å². The highest BCUT2D eigenvalue weighted by atomic mass is 19.2. The molecule has 0 amide bonds. The van der Waals surface area contributed by atoms with Crippen LogP contribution in [0.4, 0.5) is 13.2 Å². The Morgan fingerprint density at radius 2 is 1.62 bits per heavy atom. The van der Waals surface area contributed by atoms with Gasteiger partial charge in [0.2, 0.25) is 0 Å². The van der Waals surface area contributed by atoms with Crippen molar-refractivity contribution in [2.75, 3.05) is 7.11 Å². The quantitative estimate of drug-likeness (QED) is 0.843. The third-order valence-electron chi connectivity index (χ3n) is 3.27. The van der Waals surface area contributed by atoms with E-state index in [2.05, 4.69) is 5.32 Å². The zero-order chi connectivity index (χ0) is 15.4. The molecule has 0 heterocycles. The maximum Gasteiger partial charge on any atom is 0.194 e. The van der Waals surface area contributed by atoms with Gasteiger partial charge < -0.3 is 10.1 Å². The van der Waals surface area contributed by atoms with Gasteiger partial charge in [-0.15, -0.1) is 0 Å². The fourth-order valence-electron chi connectivity index (χ4n) is 1.99. The summed E-state index contributed by atoms with van der Waals surface area (Å²) >= 11 is 0. The summed E-state index contributed by atoms with van der Waals surface area (Å²) in [4.78, 5) is 0. The molecule has 0 saturated heterocycles. The summed E-state index contributed by atoms with van der Waals surface area (Å²) in [6.45, 7) is 2.17. The maximum atomic E-state index is 13.1. The van der Waals surface area contributed by atoms with Gasteiger partial charge in [0, 0.05) is 12.6 Å². The van der Waals surface area contributed by atoms with E-state index in [4.69, 9.17) is 4.74 Å². The van der Waals surface area contributed by atoms with E-state index in [0.29, 0.717) is 5.56 Å². The lowest BCUT2D eigenvalue weighted by Gasteiger charge is -2.15. The van der Waals surface area contributed by atoms with Crippen LogP contribution in [0, 0.1) is 17.5 Å². The highest BCUT2D eigenvalue weighted by Crippen LogP contribution is 2.18. The Hall–Kier alpha value is -2.01. The summed E-state index contributed by atoms with van der Waals surface area (Å²) in [6, 6.07) is 9.45. The molecule has 2 nitrogen and oxygen atoms in total. The summed E-state index contributed by atoms with van der Waals surface area (Å²) in [5, 5.41) is 3.13. The number of rotatable bonds is 5. The van der Waals surface area contributed by atoms with Crippen molar-refractivity contribution in [2.24, 2.45) is 0 Å². The standard InChI is InChI=1S/C16H16F3NO/c1-10(12-3-5-13(21-2)6-4-12)20-9-11-7-14(17)16(19)15(18)8-11/h3-8,10,20H,9H2,1-2H3/t10-/m0/s1. The van der Waals surface area contributed by atoms with Crippen molar-refractivity contribution in [1.82, 2.24) is 5.32 Å². The molecule has 0 bridgehead atoms. The number of hydrogen-bond acceptors (Lipinski definition) is 2. The van der Waals surface area contributed by atoms with Crippen LogP contribution in [-0.4, -0.2) is 7.11 Å². The molecular formula is C16H16F3NO. The van der Waals surface area contributed by atoms with Crippen molar-refractivity contribution in [3.05, 3.63) is 65.0 Å². The van der Waals surface area contributed by atoms with Crippen molar-refractivity contribution in [1.29, 1.82) is 0 Å². The fraction of sp³-hybridized carbons (Fsp3) is 0.250. The lowest BCUT2D eigenvalue weighted by Crippen LogP contribution is -2.18. The highest BCUT2D eigenvalue weighted by molar-refractivity contribution is 5.29. The van der Waals surface area contributed by atoms with Crippen LogP contribution in [0.5, 0.6) is 5.75 Å². The third kappa shape index (κ3) is 3.76. The zero-order valence-corrected chi connectivity index (χ0v) is 11.8. The van der Waals surface area contributed by atoms with E-state index in [1.165, 1.54) is 0 Å². The number of hydrogen-bond donors (Lipinski definition) is 1. The molecule has 1 atom stereocenters. The molecule has 5 heteroatoms. The molecule has 0 unspecified atom stereocenters. The van der Waals surface area contributed by atoms with Crippen molar-refractivity contribution >= 4 is 0 Å². The second-order valence-electron chi connectivity index (χ2n) is 4.75. The first-order valence-corrected chi connectivity index (χ1v) is 6.52. The molecule has 0 aliphatic rings. The Balaban J connectivity index is 2.01. The van der Waals surface area contributed by atoms with E-state index in [-0.39, 0.29) is 12.6 Å². The fourth-order valence-corrected chi connectivity index (χ4v) is 1.99. The van der Waals surface area contributed by atoms with Crippen LogP contribution < -0.4 is 10.1 Å². The van der Waals surface area contributed by atoms with E-state index in [1.807, 2.05) is 31.2 Å². The molecule has 0 aromatic heterocycles. The molecule has 2 aromatic rings. The maximum absolute atomic E-state index is 13.1. The number of nitrogens with one attached hydrogen (secondary N) is 1. The predicted octanol–water partition coefficient (Wildman–Crippen LogP) is 3.96. The molecule has 0 saturated carbocycles. The van der Waals surface area contributed by atoms with Gasteiger partial charge in [-0.3, -0.25) is 0 Å². The highest BCUT2D eigenvalue weighted by Gasteiger charge is 2.11. The Labute approximate surface area is 121 Å². The Morgan fingerprint density at radius 3 is 2.14 bits per heavy atom. The normalized spacial score (nSPS) is 12.2. The van der Waals surface area contributed by atoms with Crippen LogP contribution >= 0.6 is 0 Å². The first-order chi connectivity index (χ1) is 10.0. The second kappa shape index (κ2) is 6.63. The number of ether oxygens (including phenoxy) is 1. The molecule has 0 radical (unpaired) electrons. The molecule has 2 rings (SSSR count). The SMILES string of the molecule is COc1ccc([C@H](C)NCc2cc(F)c(F)c(F)c2)cc1. The Kier molecular flexibility index (Phi) is 4.85. The number of halogens is 3. The minimum absolute atomic E-state index is 0.0212. The first-order valence-electron chi connectivity index (χ1n) is 6.52. The van der Waals surface area contributed by atoms with Crippen LogP contribution in [0.15, 0.2) is 36.4 Å².